The lowest BCUT2D eigenvalue weighted by molar-refractivity contribution is 0.168. The molecule has 0 aliphatic rings. The number of aliphatic hydroxyl groups is 1. The molecular weight excluding hydrogens is 246 g/mol. The molecule has 0 saturated carbocycles. The molecule has 1 aromatic heterocycles. The van der Waals surface area contributed by atoms with Crippen molar-refractivity contribution in [1.29, 1.82) is 0 Å². The van der Waals surface area contributed by atoms with Crippen LogP contribution < -0.4 is 0 Å². The van der Waals surface area contributed by atoms with Crippen molar-refractivity contribution in [1.82, 2.24) is 4.98 Å². The van der Waals surface area contributed by atoms with E-state index in [4.69, 9.17) is 11.6 Å². The van der Waals surface area contributed by atoms with E-state index < -0.39 is 6.10 Å². The van der Waals surface area contributed by atoms with E-state index in [-0.39, 0.29) is 0 Å². The van der Waals surface area contributed by atoms with Crippen molar-refractivity contribution in [2.24, 2.45) is 0 Å². The summed E-state index contributed by atoms with van der Waals surface area (Å²) in [4.78, 5) is 4.06. The quantitative estimate of drug-likeness (QED) is 0.910. The number of hydrogen-bond acceptors (Lipinski definition) is 2. The summed E-state index contributed by atoms with van der Waals surface area (Å²) in [5.41, 5.74) is 3.03. The molecule has 1 unspecified atom stereocenters. The molecule has 94 valence electrons. The summed E-state index contributed by atoms with van der Waals surface area (Å²) >= 11 is 6.05. The molecule has 0 saturated heterocycles. The number of hydrogen-bond donors (Lipinski definition) is 1. The number of halogens is 1. The molecule has 0 amide bonds. The molecule has 0 aliphatic heterocycles. The molecular formula is C15H16ClNO. The van der Waals surface area contributed by atoms with Crippen LogP contribution in [0.4, 0.5) is 0 Å². The van der Waals surface area contributed by atoms with Crippen LogP contribution in [-0.2, 0) is 6.42 Å². The minimum absolute atomic E-state index is 0.483. The van der Waals surface area contributed by atoms with E-state index in [1.165, 1.54) is 0 Å². The highest BCUT2D eigenvalue weighted by atomic mass is 35.5. The summed E-state index contributed by atoms with van der Waals surface area (Å²) < 4.78 is 0. The predicted octanol–water partition coefficient (Wildman–Crippen LogP) is 3.71. The Morgan fingerprint density at radius 2 is 2.17 bits per heavy atom. The van der Waals surface area contributed by atoms with Gasteiger partial charge in [-0.2, -0.15) is 0 Å². The van der Waals surface area contributed by atoms with Crippen LogP contribution in [0.1, 0.15) is 29.2 Å². The number of rotatable bonds is 4. The molecule has 1 heterocycles. The molecule has 1 aromatic carbocycles. The lowest BCUT2D eigenvalue weighted by atomic mass is 10.0. The predicted molar refractivity (Wildman–Crippen MR) is 73.7 cm³/mol. The van der Waals surface area contributed by atoms with Gasteiger partial charge in [-0.05, 0) is 48.6 Å². The smallest absolute Gasteiger partial charge is 0.0793 e. The van der Waals surface area contributed by atoms with Gasteiger partial charge >= 0.3 is 0 Å². The Bertz CT molecular complexity index is 513. The van der Waals surface area contributed by atoms with Crippen molar-refractivity contribution < 1.29 is 5.11 Å². The van der Waals surface area contributed by atoms with Gasteiger partial charge in [0.25, 0.3) is 0 Å². The molecule has 0 aliphatic carbocycles. The molecule has 18 heavy (non-hydrogen) atoms. The van der Waals surface area contributed by atoms with Crippen LogP contribution in [0.25, 0.3) is 0 Å². The summed E-state index contributed by atoms with van der Waals surface area (Å²) in [6.07, 6.45) is 4.57. The number of benzene rings is 1. The van der Waals surface area contributed by atoms with E-state index in [0.29, 0.717) is 11.4 Å². The second-order valence-electron chi connectivity index (χ2n) is 4.42. The van der Waals surface area contributed by atoms with E-state index in [1.807, 2.05) is 43.5 Å². The zero-order valence-corrected chi connectivity index (χ0v) is 11.1. The van der Waals surface area contributed by atoms with Crippen molar-refractivity contribution in [3.8, 4) is 0 Å². The number of aryl methyl sites for hydroxylation is 2. The van der Waals surface area contributed by atoms with Crippen molar-refractivity contribution in [2.45, 2.75) is 25.9 Å². The first-order valence-corrected chi connectivity index (χ1v) is 6.37. The van der Waals surface area contributed by atoms with Gasteiger partial charge in [-0.25, -0.2) is 0 Å². The van der Waals surface area contributed by atoms with E-state index in [9.17, 15) is 5.11 Å². The van der Waals surface area contributed by atoms with Crippen LogP contribution in [0.3, 0.4) is 0 Å². The van der Waals surface area contributed by atoms with Gasteiger partial charge < -0.3 is 5.11 Å². The maximum absolute atomic E-state index is 10.1. The summed E-state index contributed by atoms with van der Waals surface area (Å²) in [6.45, 7) is 1.95. The van der Waals surface area contributed by atoms with Gasteiger partial charge in [-0.3, -0.25) is 4.98 Å². The highest BCUT2D eigenvalue weighted by molar-refractivity contribution is 6.31. The first-order valence-electron chi connectivity index (χ1n) is 6.00. The maximum Gasteiger partial charge on any atom is 0.0793 e. The number of aromatic nitrogens is 1. The van der Waals surface area contributed by atoms with Gasteiger partial charge in [0, 0.05) is 17.4 Å². The Morgan fingerprint density at radius 3 is 2.83 bits per heavy atom. The lowest BCUT2D eigenvalue weighted by Crippen LogP contribution is -2.00. The van der Waals surface area contributed by atoms with Crippen molar-refractivity contribution >= 4 is 11.6 Å². The first kappa shape index (κ1) is 13.1. The van der Waals surface area contributed by atoms with Gasteiger partial charge in [0.1, 0.15) is 0 Å². The summed E-state index contributed by atoms with van der Waals surface area (Å²) in [6, 6.07) is 9.62. The summed E-state index contributed by atoms with van der Waals surface area (Å²) in [5.74, 6) is 0. The minimum atomic E-state index is -0.483. The normalized spacial score (nSPS) is 12.4. The van der Waals surface area contributed by atoms with Crippen LogP contribution in [0.15, 0.2) is 42.7 Å². The second kappa shape index (κ2) is 5.98. The third-order valence-corrected chi connectivity index (χ3v) is 3.42. The second-order valence-corrected chi connectivity index (χ2v) is 4.83. The van der Waals surface area contributed by atoms with Gasteiger partial charge in [-0.1, -0.05) is 29.8 Å². The standard InChI is InChI=1S/C15H16ClNO/c1-11-4-6-13(9-14(11)16)15(18)7-5-12-3-2-8-17-10-12/h2-4,6,8-10,15,18H,5,7H2,1H3. The lowest BCUT2D eigenvalue weighted by Gasteiger charge is -2.12. The molecule has 2 nitrogen and oxygen atoms in total. The van der Waals surface area contributed by atoms with Crippen molar-refractivity contribution in [3.63, 3.8) is 0 Å². The van der Waals surface area contributed by atoms with Gasteiger partial charge in [0.05, 0.1) is 6.10 Å². The SMILES string of the molecule is Cc1ccc(C(O)CCc2cccnc2)cc1Cl. The van der Waals surface area contributed by atoms with Crippen LogP contribution in [0, 0.1) is 6.92 Å². The fourth-order valence-corrected chi connectivity index (χ4v) is 2.02. The third kappa shape index (κ3) is 3.31. The molecule has 0 spiro atoms. The fourth-order valence-electron chi connectivity index (χ4n) is 1.83. The molecule has 0 bridgehead atoms. The first-order chi connectivity index (χ1) is 8.66. The van der Waals surface area contributed by atoms with Crippen LogP contribution in [0.5, 0.6) is 0 Å². The van der Waals surface area contributed by atoms with Gasteiger partial charge in [0.15, 0.2) is 0 Å². The topological polar surface area (TPSA) is 33.1 Å². The summed E-state index contributed by atoms with van der Waals surface area (Å²) in [5, 5.41) is 10.8. The molecule has 1 atom stereocenters. The summed E-state index contributed by atoms with van der Waals surface area (Å²) in [7, 11) is 0. The average molecular weight is 262 g/mol. The molecule has 1 N–H and O–H groups in total. The third-order valence-electron chi connectivity index (χ3n) is 3.01. The number of pyridine rings is 1. The van der Waals surface area contributed by atoms with Crippen LogP contribution in [-0.4, -0.2) is 10.1 Å². The fraction of sp³-hybridized carbons (Fsp3) is 0.267. The number of nitrogens with zero attached hydrogens (tertiary/aromatic N) is 1. The molecule has 2 aromatic rings. The Labute approximate surface area is 112 Å². The maximum atomic E-state index is 10.1. The van der Waals surface area contributed by atoms with Crippen molar-refractivity contribution in [2.75, 3.05) is 0 Å². The Hall–Kier alpha value is -1.38. The number of aliphatic hydroxyl groups excluding tert-OH is 1. The molecule has 2 rings (SSSR count). The molecule has 0 fully saturated rings. The zero-order valence-electron chi connectivity index (χ0n) is 10.3. The van der Waals surface area contributed by atoms with Gasteiger partial charge in [-0.15, -0.1) is 0 Å². The zero-order chi connectivity index (χ0) is 13.0. The minimum Gasteiger partial charge on any atom is -0.388 e. The van der Waals surface area contributed by atoms with Gasteiger partial charge in [0.2, 0.25) is 0 Å². The Balaban J connectivity index is 1.99. The highest BCUT2D eigenvalue weighted by Gasteiger charge is 2.09. The van der Waals surface area contributed by atoms with E-state index in [2.05, 4.69) is 4.98 Å². The van der Waals surface area contributed by atoms with Crippen LogP contribution >= 0.6 is 11.6 Å². The molecule has 3 heteroatoms. The monoisotopic (exact) mass is 261 g/mol. The van der Waals surface area contributed by atoms with Crippen LogP contribution in [0.2, 0.25) is 5.02 Å². The largest absolute Gasteiger partial charge is 0.388 e. The Kier molecular flexibility index (Phi) is 4.34. The highest BCUT2D eigenvalue weighted by Crippen LogP contribution is 2.24. The van der Waals surface area contributed by atoms with E-state index in [0.717, 1.165) is 23.1 Å². The van der Waals surface area contributed by atoms with E-state index >= 15 is 0 Å². The van der Waals surface area contributed by atoms with E-state index in [1.54, 1.807) is 6.20 Å². The molecule has 0 radical (unpaired) electrons. The Morgan fingerprint density at radius 1 is 1.33 bits per heavy atom. The average Bonchev–Trinajstić information content (AvgIpc) is 2.40. The van der Waals surface area contributed by atoms with Crippen molar-refractivity contribution in [3.05, 3.63) is 64.4 Å².